The molecule has 4 nitrogen and oxygen atoms in total. The molecule has 1 N–H and O–H groups in total. The van der Waals surface area contributed by atoms with Crippen LogP contribution in [0.25, 0.3) is 10.9 Å². The maximum atomic E-state index is 14.3. The molecule has 0 fully saturated rings. The number of pyridine rings is 2. The van der Waals surface area contributed by atoms with Crippen molar-refractivity contribution in [3.63, 3.8) is 0 Å². The van der Waals surface area contributed by atoms with Crippen molar-refractivity contribution in [2.45, 2.75) is 39.7 Å². The van der Waals surface area contributed by atoms with E-state index in [0.29, 0.717) is 11.5 Å². The van der Waals surface area contributed by atoms with Gasteiger partial charge in [0.1, 0.15) is 5.82 Å². The van der Waals surface area contributed by atoms with Gasteiger partial charge in [0.25, 0.3) is 0 Å². The van der Waals surface area contributed by atoms with E-state index in [4.69, 9.17) is 0 Å². The number of anilines is 2. The molecule has 3 heterocycles. The molecule has 0 aliphatic heterocycles. The van der Waals surface area contributed by atoms with E-state index in [2.05, 4.69) is 26.8 Å². The van der Waals surface area contributed by atoms with E-state index in [-0.39, 0.29) is 11.7 Å². The lowest BCUT2D eigenvalue weighted by Gasteiger charge is -2.15. The zero-order valence-electron chi connectivity index (χ0n) is 13.7. The zero-order valence-corrected chi connectivity index (χ0v) is 13.7. The van der Waals surface area contributed by atoms with Gasteiger partial charge in [0.15, 0.2) is 5.82 Å². The third kappa shape index (κ3) is 2.91. The van der Waals surface area contributed by atoms with Crippen LogP contribution in [0.4, 0.5) is 15.9 Å². The predicted molar refractivity (Wildman–Crippen MR) is 91.6 cm³/mol. The number of aromatic nitrogens is 3. The summed E-state index contributed by atoms with van der Waals surface area (Å²) < 4.78 is 16.5. The SMILES string of the molecule is CCCn1ccc2c(Nc3c(F)cncc3C(C)C)nccc21. The molecule has 3 aromatic rings. The molecule has 0 saturated heterocycles. The number of nitrogens with one attached hydrogen (secondary N) is 1. The first-order chi connectivity index (χ1) is 11.1. The van der Waals surface area contributed by atoms with Gasteiger partial charge >= 0.3 is 0 Å². The highest BCUT2D eigenvalue weighted by Gasteiger charge is 2.15. The summed E-state index contributed by atoms with van der Waals surface area (Å²) in [6, 6.07) is 4.01. The highest BCUT2D eigenvalue weighted by molar-refractivity contribution is 5.92. The second-order valence-electron chi connectivity index (χ2n) is 5.97. The van der Waals surface area contributed by atoms with Crippen molar-refractivity contribution in [1.29, 1.82) is 0 Å². The van der Waals surface area contributed by atoms with Crippen LogP contribution in [-0.4, -0.2) is 14.5 Å². The number of rotatable bonds is 5. The van der Waals surface area contributed by atoms with E-state index >= 15 is 0 Å². The fourth-order valence-corrected chi connectivity index (χ4v) is 2.80. The van der Waals surface area contributed by atoms with Crippen LogP contribution in [0.15, 0.2) is 36.9 Å². The van der Waals surface area contributed by atoms with Crippen molar-refractivity contribution < 1.29 is 4.39 Å². The number of halogens is 1. The standard InChI is InChI=1S/C18H21FN4/c1-4-8-23-9-6-13-16(23)5-7-21-18(13)22-17-14(12(2)3)10-20-11-15(17)19/h5-7,9-12H,4,8H2,1-3H3,(H,20,21,22). The minimum atomic E-state index is -0.358. The number of hydrogen-bond donors (Lipinski definition) is 1. The summed E-state index contributed by atoms with van der Waals surface area (Å²) in [4.78, 5) is 8.36. The Bertz CT molecular complexity index is 823. The average molecular weight is 312 g/mol. The van der Waals surface area contributed by atoms with Gasteiger partial charge in [0.05, 0.1) is 17.4 Å². The molecule has 3 aromatic heterocycles. The van der Waals surface area contributed by atoms with Crippen LogP contribution in [0.3, 0.4) is 0 Å². The van der Waals surface area contributed by atoms with Crippen LogP contribution in [0, 0.1) is 5.82 Å². The van der Waals surface area contributed by atoms with Gasteiger partial charge < -0.3 is 9.88 Å². The lowest BCUT2D eigenvalue weighted by Crippen LogP contribution is -2.03. The van der Waals surface area contributed by atoms with Crippen LogP contribution in [-0.2, 0) is 6.54 Å². The van der Waals surface area contributed by atoms with Crippen LogP contribution < -0.4 is 5.32 Å². The molecule has 0 spiro atoms. The van der Waals surface area contributed by atoms with E-state index in [1.165, 1.54) is 6.20 Å². The largest absolute Gasteiger partial charge is 0.347 e. The Hall–Kier alpha value is -2.43. The van der Waals surface area contributed by atoms with Gasteiger partial charge in [0.2, 0.25) is 0 Å². The summed E-state index contributed by atoms with van der Waals surface area (Å²) in [7, 11) is 0. The van der Waals surface area contributed by atoms with Gasteiger partial charge in [-0.3, -0.25) is 4.98 Å². The molecule has 0 saturated carbocycles. The summed E-state index contributed by atoms with van der Waals surface area (Å²) in [5.41, 5.74) is 2.40. The Morgan fingerprint density at radius 2 is 2.09 bits per heavy atom. The van der Waals surface area contributed by atoms with Crippen molar-refractivity contribution in [2.24, 2.45) is 0 Å². The fraction of sp³-hybridized carbons (Fsp3) is 0.333. The van der Waals surface area contributed by atoms with Gasteiger partial charge in [-0.1, -0.05) is 20.8 Å². The van der Waals surface area contributed by atoms with Crippen LogP contribution in [0.2, 0.25) is 0 Å². The van der Waals surface area contributed by atoms with E-state index in [9.17, 15) is 4.39 Å². The Balaban J connectivity index is 2.06. The molecule has 5 heteroatoms. The number of fused-ring (bicyclic) bond motifs is 1. The molecular weight excluding hydrogens is 291 g/mol. The van der Waals surface area contributed by atoms with Gasteiger partial charge in [-0.2, -0.15) is 0 Å². The third-order valence-corrected chi connectivity index (χ3v) is 3.96. The van der Waals surface area contributed by atoms with Crippen molar-refractivity contribution in [2.75, 3.05) is 5.32 Å². The van der Waals surface area contributed by atoms with E-state index in [1.54, 1.807) is 12.4 Å². The van der Waals surface area contributed by atoms with Crippen molar-refractivity contribution in [1.82, 2.24) is 14.5 Å². The molecule has 0 radical (unpaired) electrons. The summed E-state index contributed by atoms with van der Waals surface area (Å²) in [6.45, 7) is 7.14. The van der Waals surface area contributed by atoms with Gasteiger partial charge in [0, 0.05) is 30.5 Å². The summed E-state index contributed by atoms with van der Waals surface area (Å²) in [6.07, 6.45) is 7.80. The number of hydrogen-bond acceptors (Lipinski definition) is 3. The molecule has 23 heavy (non-hydrogen) atoms. The molecule has 0 bridgehead atoms. The normalized spacial score (nSPS) is 11.3. The maximum Gasteiger partial charge on any atom is 0.165 e. The monoisotopic (exact) mass is 312 g/mol. The van der Waals surface area contributed by atoms with Gasteiger partial charge in [-0.15, -0.1) is 0 Å². The van der Waals surface area contributed by atoms with Crippen LogP contribution in [0.1, 0.15) is 38.7 Å². The summed E-state index contributed by atoms with van der Waals surface area (Å²) >= 11 is 0. The minimum Gasteiger partial charge on any atom is -0.347 e. The quantitative estimate of drug-likeness (QED) is 0.732. The molecule has 0 aliphatic carbocycles. The first-order valence-corrected chi connectivity index (χ1v) is 7.96. The fourth-order valence-electron chi connectivity index (χ4n) is 2.80. The molecule has 0 aromatic carbocycles. The zero-order chi connectivity index (χ0) is 16.4. The maximum absolute atomic E-state index is 14.3. The lowest BCUT2D eigenvalue weighted by atomic mass is 10.0. The van der Waals surface area contributed by atoms with E-state index in [0.717, 1.165) is 29.4 Å². The van der Waals surface area contributed by atoms with Crippen LogP contribution in [0.5, 0.6) is 0 Å². The Morgan fingerprint density at radius 1 is 1.26 bits per heavy atom. The lowest BCUT2D eigenvalue weighted by molar-refractivity contribution is 0.620. The van der Waals surface area contributed by atoms with Crippen molar-refractivity contribution in [3.05, 3.63) is 48.3 Å². The molecule has 120 valence electrons. The Labute approximate surface area is 135 Å². The molecule has 0 aliphatic rings. The second kappa shape index (κ2) is 6.36. The first-order valence-electron chi connectivity index (χ1n) is 7.96. The van der Waals surface area contributed by atoms with E-state index in [1.807, 2.05) is 32.2 Å². The molecule has 0 unspecified atom stereocenters. The second-order valence-corrected chi connectivity index (χ2v) is 5.97. The predicted octanol–water partition coefficient (Wildman–Crippen LogP) is 4.85. The highest BCUT2D eigenvalue weighted by atomic mass is 19.1. The topological polar surface area (TPSA) is 42.7 Å². The van der Waals surface area contributed by atoms with Crippen LogP contribution >= 0.6 is 0 Å². The Kier molecular flexibility index (Phi) is 4.28. The summed E-state index contributed by atoms with van der Waals surface area (Å²) in [5, 5.41) is 4.17. The van der Waals surface area contributed by atoms with Gasteiger partial charge in [-0.05, 0) is 30.0 Å². The molecule has 0 atom stereocenters. The van der Waals surface area contributed by atoms with Crippen molar-refractivity contribution >= 4 is 22.4 Å². The molecule has 3 rings (SSSR count). The highest BCUT2D eigenvalue weighted by Crippen LogP contribution is 2.31. The molecular formula is C18H21FN4. The minimum absolute atomic E-state index is 0.171. The van der Waals surface area contributed by atoms with Crippen molar-refractivity contribution in [3.8, 4) is 0 Å². The van der Waals surface area contributed by atoms with E-state index < -0.39 is 0 Å². The Morgan fingerprint density at radius 3 is 2.83 bits per heavy atom. The summed E-state index contributed by atoms with van der Waals surface area (Å²) in [5.74, 6) is 0.483. The smallest absolute Gasteiger partial charge is 0.165 e. The molecule has 0 amide bonds. The average Bonchev–Trinajstić information content (AvgIpc) is 2.94. The number of aryl methyl sites for hydroxylation is 1. The van der Waals surface area contributed by atoms with Gasteiger partial charge in [-0.25, -0.2) is 9.37 Å². The number of nitrogens with zero attached hydrogens (tertiary/aromatic N) is 3. The third-order valence-electron chi connectivity index (χ3n) is 3.96. The first kappa shape index (κ1) is 15.5.